The van der Waals surface area contributed by atoms with Gasteiger partial charge in [0, 0.05) is 0 Å². The first-order valence-electron chi connectivity index (χ1n) is 5.36. The monoisotopic (exact) mass is 270 g/mol. The third-order valence-electron chi connectivity index (χ3n) is 2.49. The maximum Gasteiger partial charge on any atom is 1.00 e. The van der Waals surface area contributed by atoms with E-state index in [4.69, 9.17) is 4.74 Å². The molecular weight excluding hydrogens is 255 g/mol. The van der Waals surface area contributed by atoms with E-state index < -0.39 is 12.4 Å². The van der Waals surface area contributed by atoms with E-state index in [0.29, 0.717) is 6.61 Å². The van der Waals surface area contributed by atoms with Crippen LogP contribution >= 0.6 is 0 Å². The molecule has 0 aromatic heterocycles. The Bertz CT molecular complexity index is 344. The molecule has 0 fully saturated rings. The SMILES string of the molecule is CCC(C)COc1ccccc1[B-](F)(F)F.[K+]. The van der Waals surface area contributed by atoms with Crippen molar-refractivity contribution >= 4 is 12.4 Å². The molecule has 0 radical (unpaired) electrons. The van der Waals surface area contributed by atoms with E-state index in [-0.39, 0.29) is 63.1 Å². The summed E-state index contributed by atoms with van der Waals surface area (Å²) in [7, 11) is 0. The van der Waals surface area contributed by atoms with Gasteiger partial charge in [-0.05, 0) is 12.0 Å². The van der Waals surface area contributed by atoms with Crippen LogP contribution < -0.4 is 61.6 Å². The van der Waals surface area contributed by atoms with Crippen LogP contribution in [0.15, 0.2) is 24.3 Å². The summed E-state index contributed by atoms with van der Waals surface area (Å²) in [6.07, 6.45) is 0.888. The second-order valence-electron chi connectivity index (χ2n) is 3.94. The summed E-state index contributed by atoms with van der Waals surface area (Å²) in [6, 6.07) is 5.36. The van der Waals surface area contributed by atoms with Gasteiger partial charge in [-0.15, -0.1) is 0 Å². The van der Waals surface area contributed by atoms with Gasteiger partial charge in [-0.2, -0.15) is 0 Å². The Morgan fingerprint density at radius 2 is 1.82 bits per heavy atom. The molecule has 1 nitrogen and oxygen atoms in total. The molecule has 0 aliphatic carbocycles. The third-order valence-corrected chi connectivity index (χ3v) is 2.49. The molecule has 17 heavy (non-hydrogen) atoms. The zero-order valence-corrected chi connectivity index (χ0v) is 13.5. The van der Waals surface area contributed by atoms with Crippen molar-refractivity contribution < 1.29 is 69.1 Å². The second-order valence-corrected chi connectivity index (χ2v) is 3.94. The van der Waals surface area contributed by atoms with Gasteiger partial charge in [-0.25, -0.2) is 0 Å². The zero-order chi connectivity index (χ0) is 12.2. The van der Waals surface area contributed by atoms with Crippen LogP contribution in [0.3, 0.4) is 0 Å². The van der Waals surface area contributed by atoms with E-state index in [1.807, 2.05) is 13.8 Å². The minimum atomic E-state index is -5.00. The fourth-order valence-electron chi connectivity index (χ4n) is 1.23. The summed E-state index contributed by atoms with van der Waals surface area (Å²) in [5.74, 6) is 0.198. The van der Waals surface area contributed by atoms with Gasteiger partial charge < -0.3 is 17.7 Å². The number of hydrogen-bond donors (Lipinski definition) is 0. The topological polar surface area (TPSA) is 9.23 Å². The number of ether oxygens (including phenoxy) is 1. The van der Waals surface area contributed by atoms with E-state index in [9.17, 15) is 12.9 Å². The van der Waals surface area contributed by atoms with Crippen molar-refractivity contribution in [3.05, 3.63) is 24.3 Å². The van der Waals surface area contributed by atoms with E-state index in [1.165, 1.54) is 12.1 Å². The first-order valence-corrected chi connectivity index (χ1v) is 5.36. The molecule has 0 heterocycles. The Morgan fingerprint density at radius 1 is 1.24 bits per heavy atom. The average molecular weight is 270 g/mol. The van der Waals surface area contributed by atoms with Crippen LogP contribution in [-0.4, -0.2) is 13.6 Å². The van der Waals surface area contributed by atoms with Crippen molar-refractivity contribution in [2.45, 2.75) is 20.3 Å². The average Bonchev–Trinajstić information content (AvgIpc) is 2.25. The second kappa shape index (κ2) is 7.84. The standard InChI is InChI=1S/C11H15BF3O.K/c1-3-9(2)8-16-11-7-5-4-6-10(11)12(13,14)15;/h4-7,9H,3,8H2,1-2H3;/q-1;+1. The molecule has 6 heteroatoms. The summed E-state index contributed by atoms with van der Waals surface area (Å²) < 4.78 is 43.1. The van der Waals surface area contributed by atoms with Crippen molar-refractivity contribution in [2.24, 2.45) is 5.92 Å². The maximum atomic E-state index is 12.6. The molecule has 90 valence electrons. The number of rotatable bonds is 5. The quantitative estimate of drug-likeness (QED) is 0.693. The minimum Gasteiger partial charge on any atom is -0.496 e. The molecule has 1 rings (SSSR count). The van der Waals surface area contributed by atoms with Gasteiger partial charge in [0.15, 0.2) is 0 Å². The fraction of sp³-hybridized carbons (Fsp3) is 0.455. The molecule has 0 aliphatic heterocycles. The van der Waals surface area contributed by atoms with Crippen LogP contribution in [0.25, 0.3) is 0 Å². The van der Waals surface area contributed by atoms with Crippen LogP contribution in [-0.2, 0) is 0 Å². The summed E-state index contributed by atoms with van der Waals surface area (Å²) in [4.78, 5) is 0. The molecule has 0 spiro atoms. The van der Waals surface area contributed by atoms with Crippen molar-refractivity contribution in [2.75, 3.05) is 6.61 Å². The Labute approximate surface area is 143 Å². The predicted octanol–water partition coefficient (Wildman–Crippen LogP) is 0.170. The first-order chi connectivity index (χ1) is 7.45. The Hall–Kier alpha value is 0.511. The number of hydrogen-bond acceptors (Lipinski definition) is 1. The normalized spacial score (nSPS) is 12.8. The summed E-state index contributed by atoms with van der Waals surface area (Å²) in [5, 5.41) is 0. The van der Waals surface area contributed by atoms with E-state index in [2.05, 4.69) is 0 Å². The molecule has 0 saturated carbocycles. The van der Waals surface area contributed by atoms with Gasteiger partial charge in [-0.1, -0.05) is 43.9 Å². The molecule has 1 aromatic carbocycles. The zero-order valence-electron chi connectivity index (χ0n) is 10.4. The maximum absolute atomic E-state index is 12.6. The van der Waals surface area contributed by atoms with Gasteiger partial charge in [0.1, 0.15) is 0 Å². The van der Waals surface area contributed by atoms with Gasteiger partial charge in [0.05, 0.1) is 12.4 Å². The Balaban J connectivity index is 0.00000256. The van der Waals surface area contributed by atoms with Crippen molar-refractivity contribution in [1.29, 1.82) is 0 Å². The summed E-state index contributed by atoms with van der Waals surface area (Å²) in [5.41, 5.74) is -0.647. The van der Waals surface area contributed by atoms with Crippen LogP contribution in [0, 0.1) is 5.92 Å². The molecule has 0 aliphatic rings. The summed E-state index contributed by atoms with van der Waals surface area (Å²) >= 11 is 0. The van der Waals surface area contributed by atoms with Gasteiger partial charge in [0.2, 0.25) is 0 Å². The number of halogens is 3. The fourth-order valence-corrected chi connectivity index (χ4v) is 1.23. The molecular formula is C11H15BF3KO. The van der Waals surface area contributed by atoms with Crippen molar-refractivity contribution in [3.63, 3.8) is 0 Å². The van der Waals surface area contributed by atoms with Crippen molar-refractivity contribution in [3.8, 4) is 5.75 Å². The minimum absolute atomic E-state index is 0. The number of benzene rings is 1. The third kappa shape index (κ3) is 5.79. The van der Waals surface area contributed by atoms with Gasteiger partial charge in [-0.3, -0.25) is 0 Å². The molecule has 0 saturated heterocycles. The van der Waals surface area contributed by atoms with E-state index in [1.54, 1.807) is 6.07 Å². The molecule has 1 atom stereocenters. The van der Waals surface area contributed by atoms with Crippen LogP contribution in [0.1, 0.15) is 20.3 Å². The van der Waals surface area contributed by atoms with E-state index >= 15 is 0 Å². The first kappa shape index (κ1) is 17.5. The molecule has 0 N–H and O–H groups in total. The van der Waals surface area contributed by atoms with Gasteiger partial charge >= 0.3 is 58.4 Å². The molecule has 0 amide bonds. The Kier molecular flexibility index (Phi) is 8.08. The Morgan fingerprint density at radius 3 is 2.35 bits per heavy atom. The van der Waals surface area contributed by atoms with Gasteiger partial charge in [0.25, 0.3) is 0 Å². The predicted molar refractivity (Wildman–Crippen MR) is 60.1 cm³/mol. The van der Waals surface area contributed by atoms with E-state index in [0.717, 1.165) is 12.5 Å². The largest absolute Gasteiger partial charge is 1.00 e. The van der Waals surface area contributed by atoms with Crippen LogP contribution in [0.5, 0.6) is 5.75 Å². The van der Waals surface area contributed by atoms with Crippen LogP contribution in [0.4, 0.5) is 12.9 Å². The molecule has 1 unspecified atom stereocenters. The summed E-state index contributed by atoms with van der Waals surface area (Å²) in [6.45, 7) is -0.754. The molecule has 1 aromatic rings. The number of para-hydroxylation sites is 1. The molecule has 0 bridgehead atoms. The van der Waals surface area contributed by atoms with Crippen molar-refractivity contribution in [1.82, 2.24) is 0 Å². The van der Waals surface area contributed by atoms with Crippen LogP contribution in [0.2, 0.25) is 0 Å². The smallest absolute Gasteiger partial charge is 0.496 e.